The summed E-state index contributed by atoms with van der Waals surface area (Å²) in [5, 5.41) is 0. The van der Waals surface area contributed by atoms with Gasteiger partial charge in [-0.1, -0.05) is 50.6 Å². The lowest BCUT2D eigenvalue weighted by Crippen LogP contribution is -2.13. The average molecular weight is 236 g/mol. The molecule has 1 aromatic carbocycles. The molecule has 0 bridgehead atoms. The Morgan fingerprint density at radius 1 is 1.12 bits per heavy atom. The second-order valence-corrected chi connectivity index (χ2v) is 3.69. The highest BCUT2D eigenvalue weighted by Crippen LogP contribution is 2.00. The summed E-state index contributed by atoms with van der Waals surface area (Å²) in [7, 11) is 0. The number of ketones is 1. The van der Waals surface area contributed by atoms with Crippen LogP contribution in [0.1, 0.15) is 32.8 Å². The second-order valence-electron chi connectivity index (χ2n) is 3.69. The minimum atomic E-state index is -0.425. The predicted octanol–water partition coefficient (Wildman–Crippen LogP) is 2.78. The number of carbonyl (C=O) groups is 2. The van der Waals surface area contributed by atoms with Crippen molar-refractivity contribution in [1.82, 2.24) is 0 Å². The first kappa shape index (κ1) is 15.4. The summed E-state index contributed by atoms with van der Waals surface area (Å²) in [5.41, 5.74) is 0.935. The molecule has 0 aliphatic carbocycles. The van der Waals surface area contributed by atoms with Gasteiger partial charge in [-0.25, -0.2) is 0 Å². The Balaban J connectivity index is 0.000000770. The first-order valence-electron chi connectivity index (χ1n) is 5.79. The lowest BCUT2D eigenvalue weighted by atomic mass is 10.1. The summed E-state index contributed by atoms with van der Waals surface area (Å²) >= 11 is 0. The van der Waals surface area contributed by atoms with Gasteiger partial charge >= 0.3 is 5.97 Å². The van der Waals surface area contributed by atoms with Crippen LogP contribution in [0.25, 0.3) is 0 Å². The van der Waals surface area contributed by atoms with Crippen LogP contribution in [0.2, 0.25) is 0 Å². The van der Waals surface area contributed by atoms with E-state index in [-0.39, 0.29) is 12.4 Å². The van der Waals surface area contributed by atoms with Gasteiger partial charge in [-0.15, -0.1) is 0 Å². The van der Waals surface area contributed by atoms with Crippen molar-refractivity contribution >= 4 is 11.8 Å². The molecule has 3 heteroatoms. The van der Waals surface area contributed by atoms with Crippen molar-refractivity contribution in [3.05, 3.63) is 35.9 Å². The molecule has 17 heavy (non-hydrogen) atoms. The lowest BCUT2D eigenvalue weighted by Gasteiger charge is -2.01. The number of hydrogen-bond donors (Lipinski definition) is 0. The van der Waals surface area contributed by atoms with Crippen LogP contribution in [-0.2, 0) is 20.7 Å². The Labute approximate surface area is 103 Å². The standard InChI is InChI=1S/C11H12O3.C3H8/c1-9(12)14-8-11(13)7-10-5-3-2-4-6-10;1-3-2/h2-6H,7-8H2,1H3;3H2,1-2H3. The van der Waals surface area contributed by atoms with Crippen LogP contribution in [0, 0.1) is 0 Å². The van der Waals surface area contributed by atoms with Crippen LogP contribution in [0.5, 0.6) is 0 Å². The summed E-state index contributed by atoms with van der Waals surface area (Å²) in [4.78, 5) is 21.7. The number of Topliss-reactive ketones (excluding diaryl/α,β-unsaturated/α-hetero) is 1. The quantitative estimate of drug-likeness (QED) is 0.755. The van der Waals surface area contributed by atoms with E-state index >= 15 is 0 Å². The van der Waals surface area contributed by atoms with Gasteiger partial charge in [0.1, 0.15) is 6.61 Å². The molecule has 0 heterocycles. The van der Waals surface area contributed by atoms with Crippen LogP contribution in [0.4, 0.5) is 0 Å². The smallest absolute Gasteiger partial charge is 0.303 e. The molecule has 0 saturated heterocycles. The maximum Gasteiger partial charge on any atom is 0.303 e. The maximum absolute atomic E-state index is 11.2. The summed E-state index contributed by atoms with van der Waals surface area (Å²) in [6, 6.07) is 9.36. The molecule has 0 saturated carbocycles. The fourth-order valence-electron chi connectivity index (χ4n) is 1.06. The van der Waals surface area contributed by atoms with E-state index in [1.807, 2.05) is 30.3 Å². The molecule has 0 unspecified atom stereocenters. The molecule has 0 aromatic heterocycles. The zero-order chi connectivity index (χ0) is 13.1. The topological polar surface area (TPSA) is 43.4 Å². The average Bonchev–Trinajstić information content (AvgIpc) is 2.29. The Morgan fingerprint density at radius 2 is 1.65 bits per heavy atom. The highest BCUT2D eigenvalue weighted by Gasteiger charge is 2.04. The zero-order valence-electron chi connectivity index (χ0n) is 10.7. The molecular weight excluding hydrogens is 216 g/mol. The van der Waals surface area contributed by atoms with Gasteiger partial charge in [0.15, 0.2) is 5.78 Å². The second kappa shape index (κ2) is 9.58. The molecule has 0 N–H and O–H groups in total. The Hall–Kier alpha value is -1.64. The van der Waals surface area contributed by atoms with E-state index < -0.39 is 5.97 Å². The van der Waals surface area contributed by atoms with E-state index in [1.165, 1.54) is 13.3 Å². The Morgan fingerprint density at radius 3 is 2.12 bits per heavy atom. The molecule has 0 spiro atoms. The van der Waals surface area contributed by atoms with E-state index in [1.54, 1.807) is 0 Å². The van der Waals surface area contributed by atoms with E-state index in [0.717, 1.165) is 5.56 Å². The SMILES string of the molecule is CC(=O)OCC(=O)Cc1ccccc1.CCC. The normalized spacial score (nSPS) is 8.88. The summed E-state index contributed by atoms with van der Waals surface area (Å²) < 4.78 is 4.59. The molecule has 0 fully saturated rings. The highest BCUT2D eigenvalue weighted by molar-refractivity contribution is 5.83. The number of esters is 1. The minimum absolute atomic E-state index is 0.0913. The van der Waals surface area contributed by atoms with Crippen molar-refractivity contribution in [3.8, 4) is 0 Å². The first-order valence-corrected chi connectivity index (χ1v) is 5.79. The van der Waals surface area contributed by atoms with Crippen LogP contribution < -0.4 is 0 Å². The van der Waals surface area contributed by atoms with Crippen LogP contribution >= 0.6 is 0 Å². The molecule has 0 atom stereocenters. The van der Waals surface area contributed by atoms with Crippen LogP contribution in [-0.4, -0.2) is 18.4 Å². The third-order valence-corrected chi connectivity index (χ3v) is 1.68. The molecule has 1 rings (SSSR count). The Kier molecular flexibility index (Phi) is 8.65. The first-order chi connectivity index (χ1) is 8.10. The number of hydrogen-bond acceptors (Lipinski definition) is 3. The molecular formula is C14H20O3. The summed E-state index contributed by atoms with van der Waals surface area (Å²) in [5.74, 6) is -0.516. The third kappa shape index (κ3) is 9.30. The highest BCUT2D eigenvalue weighted by atomic mass is 16.5. The van der Waals surface area contributed by atoms with Gasteiger partial charge in [-0.05, 0) is 5.56 Å². The van der Waals surface area contributed by atoms with Crippen molar-refractivity contribution in [2.75, 3.05) is 6.61 Å². The van der Waals surface area contributed by atoms with E-state index in [4.69, 9.17) is 0 Å². The molecule has 0 amide bonds. The van der Waals surface area contributed by atoms with Crippen molar-refractivity contribution in [1.29, 1.82) is 0 Å². The van der Waals surface area contributed by atoms with Gasteiger partial charge < -0.3 is 4.74 Å². The third-order valence-electron chi connectivity index (χ3n) is 1.68. The summed E-state index contributed by atoms with van der Waals surface area (Å²) in [6.45, 7) is 5.40. The van der Waals surface area contributed by atoms with Gasteiger partial charge in [-0.3, -0.25) is 9.59 Å². The fraction of sp³-hybridized carbons (Fsp3) is 0.429. The van der Waals surface area contributed by atoms with Crippen LogP contribution in [0.3, 0.4) is 0 Å². The van der Waals surface area contributed by atoms with Gasteiger partial charge in [0.05, 0.1) is 0 Å². The molecule has 94 valence electrons. The van der Waals surface area contributed by atoms with Crippen molar-refractivity contribution in [2.45, 2.75) is 33.6 Å². The minimum Gasteiger partial charge on any atom is -0.458 e. The maximum atomic E-state index is 11.2. The monoisotopic (exact) mass is 236 g/mol. The van der Waals surface area contributed by atoms with Crippen molar-refractivity contribution < 1.29 is 14.3 Å². The molecule has 0 radical (unpaired) electrons. The van der Waals surface area contributed by atoms with Gasteiger partial charge in [0, 0.05) is 13.3 Å². The fourth-order valence-corrected chi connectivity index (χ4v) is 1.06. The molecule has 3 nitrogen and oxygen atoms in total. The molecule has 0 aliphatic rings. The number of rotatable bonds is 4. The van der Waals surface area contributed by atoms with E-state index in [2.05, 4.69) is 18.6 Å². The number of carbonyl (C=O) groups excluding carboxylic acids is 2. The van der Waals surface area contributed by atoms with Gasteiger partial charge in [0.2, 0.25) is 0 Å². The molecule has 0 aliphatic heterocycles. The van der Waals surface area contributed by atoms with Gasteiger partial charge in [0.25, 0.3) is 0 Å². The van der Waals surface area contributed by atoms with Gasteiger partial charge in [-0.2, -0.15) is 0 Å². The van der Waals surface area contributed by atoms with E-state index in [9.17, 15) is 9.59 Å². The largest absolute Gasteiger partial charge is 0.458 e. The number of benzene rings is 1. The van der Waals surface area contributed by atoms with Crippen LogP contribution in [0.15, 0.2) is 30.3 Å². The summed E-state index contributed by atoms with van der Waals surface area (Å²) in [6.07, 6.45) is 1.56. The van der Waals surface area contributed by atoms with Crippen molar-refractivity contribution in [2.24, 2.45) is 0 Å². The predicted molar refractivity (Wildman–Crippen MR) is 67.8 cm³/mol. The number of ether oxygens (including phenoxy) is 1. The Bertz CT molecular complexity index is 331. The van der Waals surface area contributed by atoms with E-state index in [0.29, 0.717) is 6.42 Å². The van der Waals surface area contributed by atoms with Crippen molar-refractivity contribution in [3.63, 3.8) is 0 Å². The lowest BCUT2D eigenvalue weighted by molar-refractivity contribution is -0.145. The molecule has 1 aromatic rings. The zero-order valence-corrected chi connectivity index (χ0v) is 10.7.